The molecule has 9 nitrogen and oxygen atoms in total. The summed E-state index contributed by atoms with van der Waals surface area (Å²) in [5.41, 5.74) is 1.56. The molecular weight excluding hydrogens is 442 g/mol. The number of piperazine rings is 1. The minimum Gasteiger partial charge on any atom is -0.421 e. The second kappa shape index (κ2) is 9.10. The van der Waals surface area contributed by atoms with Crippen LogP contribution in [0, 0.1) is 18.6 Å². The summed E-state index contributed by atoms with van der Waals surface area (Å²) in [4.78, 5) is 13.7. The predicted octanol–water partition coefficient (Wildman–Crippen LogP) is 4.25. The van der Waals surface area contributed by atoms with Crippen LogP contribution >= 0.6 is 0 Å². The van der Waals surface area contributed by atoms with Crippen LogP contribution in [0.4, 0.5) is 26.2 Å². The lowest BCUT2D eigenvalue weighted by molar-refractivity contribution is 0.410. The molecule has 4 N–H and O–H groups in total. The van der Waals surface area contributed by atoms with Gasteiger partial charge < -0.3 is 25.3 Å². The number of fused-ring (bicyclic) bond motifs is 1. The smallest absolute Gasteiger partial charge is 0.326 e. The van der Waals surface area contributed by atoms with Gasteiger partial charge in [-0.05, 0) is 26.0 Å². The maximum Gasteiger partial charge on any atom is 0.326 e. The molecule has 1 aliphatic heterocycles. The molecule has 11 heteroatoms. The number of aryl methyl sites for hydroxylation is 1. The van der Waals surface area contributed by atoms with Gasteiger partial charge in [0.1, 0.15) is 11.6 Å². The van der Waals surface area contributed by atoms with Crippen LogP contribution in [0.5, 0.6) is 11.8 Å². The van der Waals surface area contributed by atoms with Crippen molar-refractivity contribution in [3.8, 4) is 11.8 Å². The third-order valence-corrected chi connectivity index (χ3v) is 5.44. The zero-order chi connectivity index (χ0) is 23.7. The molecule has 176 valence electrons. The number of anilines is 3. The molecule has 0 spiro atoms. The van der Waals surface area contributed by atoms with Gasteiger partial charge in [0.05, 0.1) is 11.2 Å². The van der Waals surface area contributed by atoms with Crippen LogP contribution in [0.25, 0.3) is 17.0 Å². The second-order valence-corrected chi connectivity index (χ2v) is 7.98. The van der Waals surface area contributed by atoms with Crippen molar-refractivity contribution >= 4 is 34.4 Å². The van der Waals surface area contributed by atoms with Gasteiger partial charge in [-0.1, -0.05) is 6.08 Å². The fourth-order valence-corrected chi connectivity index (χ4v) is 3.88. The highest BCUT2D eigenvalue weighted by Crippen LogP contribution is 2.33. The van der Waals surface area contributed by atoms with Crippen molar-refractivity contribution in [2.75, 3.05) is 36.4 Å². The molecule has 34 heavy (non-hydrogen) atoms. The molecule has 3 aromatic heterocycles. The van der Waals surface area contributed by atoms with Crippen molar-refractivity contribution in [2.45, 2.75) is 13.8 Å². The largest absolute Gasteiger partial charge is 0.421 e. The molecule has 1 aliphatic rings. The predicted molar refractivity (Wildman–Crippen MR) is 127 cm³/mol. The number of nitrogens with one attached hydrogen (secondary N) is 4. The van der Waals surface area contributed by atoms with E-state index in [2.05, 4.69) is 40.7 Å². The van der Waals surface area contributed by atoms with E-state index in [4.69, 9.17) is 4.74 Å². The van der Waals surface area contributed by atoms with Gasteiger partial charge in [-0.25, -0.2) is 8.78 Å². The van der Waals surface area contributed by atoms with Crippen molar-refractivity contribution in [1.82, 2.24) is 30.5 Å². The van der Waals surface area contributed by atoms with Crippen molar-refractivity contribution in [3.63, 3.8) is 0 Å². The highest BCUT2D eigenvalue weighted by Gasteiger charge is 2.20. The Balaban J connectivity index is 1.51. The topological polar surface area (TPSA) is 107 Å². The molecule has 5 rings (SSSR count). The molecule has 0 amide bonds. The summed E-state index contributed by atoms with van der Waals surface area (Å²) >= 11 is 0. The van der Waals surface area contributed by atoms with E-state index in [0.717, 1.165) is 37.9 Å². The quantitative estimate of drug-likeness (QED) is 0.337. The Morgan fingerprint density at radius 3 is 2.71 bits per heavy atom. The first kappa shape index (κ1) is 21.8. The van der Waals surface area contributed by atoms with Gasteiger partial charge >= 0.3 is 6.01 Å². The average molecular weight is 466 g/mol. The van der Waals surface area contributed by atoms with E-state index >= 15 is 4.39 Å². The summed E-state index contributed by atoms with van der Waals surface area (Å²) in [5.74, 6) is -0.0268. The lowest BCUT2D eigenvalue weighted by atomic mass is 10.2. The van der Waals surface area contributed by atoms with E-state index in [-0.39, 0.29) is 22.7 Å². The third-order valence-electron chi connectivity index (χ3n) is 5.44. The summed E-state index contributed by atoms with van der Waals surface area (Å²) in [7, 11) is 0. The zero-order valence-corrected chi connectivity index (χ0v) is 18.7. The molecular formula is C23H24F2N8O. The number of nitrogens with zero attached hydrogens (tertiary/aromatic N) is 4. The molecule has 0 radical (unpaired) electrons. The zero-order valence-electron chi connectivity index (χ0n) is 18.7. The molecule has 1 saturated heterocycles. The number of halogens is 2. The minimum atomic E-state index is -0.685. The van der Waals surface area contributed by atoms with E-state index in [9.17, 15) is 4.39 Å². The van der Waals surface area contributed by atoms with E-state index < -0.39 is 11.6 Å². The highest BCUT2D eigenvalue weighted by atomic mass is 19.1. The summed E-state index contributed by atoms with van der Waals surface area (Å²) in [6.07, 6.45) is 3.78. The van der Waals surface area contributed by atoms with E-state index in [0.29, 0.717) is 23.1 Å². The monoisotopic (exact) mass is 466 g/mol. The molecule has 1 fully saturated rings. The van der Waals surface area contributed by atoms with Crippen LogP contribution in [0.1, 0.15) is 18.3 Å². The Morgan fingerprint density at radius 2 is 1.91 bits per heavy atom. The molecule has 0 saturated carbocycles. The van der Waals surface area contributed by atoms with Gasteiger partial charge in [0.25, 0.3) is 0 Å². The summed E-state index contributed by atoms with van der Waals surface area (Å²) in [6.45, 7) is 6.73. The maximum absolute atomic E-state index is 15.1. The molecule has 0 bridgehead atoms. The van der Waals surface area contributed by atoms with Gasteiger partial charge in [0.15, 0.2) is 23.2 Å². The number of H-pyrrole nitrogens is 2. The van der Waals surface area contributed by atoms with Crippen LogP contribution < -0.4 is 20.3 Å². The molecule has 4 aromatic rings. The lowest BCUT2D eigenvalue weighted by Crippen LogP contribution is -2.43. The van der Waals surface area contributed by atoms with Crippen LogP contribution in [-0.2, 0) is 0 Å². The molecule has 0 unspecified atom stereocenters. The third kappa shape index (κ3) is 4.42. The highest BCUT2D eigenvalue weighted by molar-refractivity contribution is 5.83. The number of benzene rings is 1. The number of aromatic nitrogens is 5. The molecule has 4 heterocycles. The van der Waals surface area contributed by atoms with Crippen LogP contribution in [0.2, 0.25) is 0 Å². The van der Waals surface area contributed by atoms with E-state index in [1.165, 1.54) is 6.07 Å². The van der Waals surface area contributed by atoms with Gasteiger partial charge in [-0.3, -0.25) is 5.10 Å². The first-order chi connectivity index (χ1) is 16.5. The molecule has 1 aromatic carbocycles. The Hall–Kier alpha value is -3.99. The van der Waals surface area contributed by atoms with Crippen molar-refractivity contribution in [1.29, 1.82) is 0 Å². The second-order valence-electron chi connectivity index (χ2n) is 7.98. The number of allylic oxidation sites excluding steroid dienone is 1. The average Bonchev–Trinajstić information content (AvgIpc) is 3.44. The first-order valence-electron chi connectivity index (χ1n) is 10.9. The van der Waals surface area contributed by atoms with Crippen molar-refractivity contribution < 1.29 is 13.5 Å². The molecule has 0 atom stereocenters. The van der Waals surface area contributed by atoms with Crippen LogP contribution in [-0.4, -0.2) is 51.3 Å². The number of hydrogen-bond donors (Lipinski definition) is 4. The Labute approximate surface area is 194 Å². The fourth-order valence-electron chi connectivity index (χ4n) is 3.88. The van der Waals surface area contributed by atoms with Crippen LogP contribution in [0.3, 0.4) is 0 Å². The Kier molecular flexibility index (Phi) is 5.84. The minimum absolute atomic E-state index is 0.0932. The van der Waals surface area contributed by atoms with Gasteiger partial charge in [0.2, 0.25) is 0 Å². The summed E-state index contributed by atoms with van der Waals surface area (Å²) in [6, 6.07) is 6.03. The number of ether oxygens (including phenoxy) is 1. The van der Waals surface area contributed by atoms with E-state index in [1.807, 2.05) is 25.1 Å². The number of hydrogen-bond acceptors (Lipinski definition) is 7. The SMILES string of the molecule is C/C=C/c1cc(Nc2cc(N3CCNCC3)nc(Oc3cc(F)c4[nH]c(C)cc4c3F)n2)n[nH]1. The number of aromatic amines is 2. The first-order valence-corrected chi connectivity index (χ1v) is 10.9. The molecule has 0 aliphatic carbocycles. The van der Waals surface area contributed by atoms with Gasteiger partial charge in [0, 0.05) is 55.5 Å². The van der Waals surface area contributed by atoms with E-state index in [1.54, 1.807) is 13.0 Å². The normalized spacial score (nSPS) is 14.3. The maximum atomic E-state index is 15.1. The summed E-state index contributed by atoms with van der Waals surface area (Å²) in [5, 5.41) is 13.7. The standard InChI is InChI=1S/C23H24F2N8O/c1-3-4-14-10-19(32-31-14)28-18-12-20(33-7-5-26-6-8-33)30-23(29-18)34-17-11-16(24)22-15(21(17)25)9-13(2)27-22/h3-4,9-12,26-27H,5-8H2,1-2H3,(H2,28,29,30,31,32)/b4-3+. The van der Waals surface area contributed by atoms with Crippen molar-refractivity contribution in [2.24, 2.45) is 0 Å². The van der Waals surface area contributed by atoms with Crippen LogP contribution in [0.15, 0.2) is 30.3 Å². The Morgan fingerprint density at radius 1 is 1.09 bits per heavy atom. The Bertz CT molecular complexity index is 1360. The lowest BCUT2D eigenvalue weighted by Gasteiger charge is -2.28. The summed E-state index contributed by atoms with van der Waals surface area (Å²) < 4.78 is 35.4. The van der Waals surface area contributed by atoms with Crippen molar-refractivity contribution in [3.05, 3.63) is 53.4 Å². The fraction of sp³-hybridized carbons (Fsp3) is 0.261. The van der Waals surface area contributed by atoms with Gasteiger partial charge in [-0.15, -0.1) is 0 Å². The number of rotatable bonds is 6. The van der Waals surface area contributed by atoms with Gasteiger partial charge in [-0.2, -0.15) is 15.1 Å².